The molecule has 0 aliphatic rings. The van der Waals surface area contributed by atoms with E-state index in [2.05, 4.69) is 9.97 Å². The minimum atomic E-state index is -3.33. The molecule has 108 valence electrons. The van der Waals surface area contributed by atoms with Crippen LogP contribution < -0.4 is 5.73 Å². The van der Waals surface area contributed by atoms with Gasteiger partial charge in [0.25, 0.3) is 0 Å². The van der Waals surface area contributed by atoms with Crippen LogP contribution in [0.25, 0.3) is 22.4 Å². The summed E-state index contributed by atoms with van der Waals surface area (Å²) in [5, 5.41) is 0. The Morgan fingerprint density at radius 1 is 1.14 bits per heavy atom. The smallest absolute Gasteiger partial charge is 0.177 e. The molecule has 0 bridgehead atoms. The molecule has 6 heteroatoms. The van der Waals surface area contributed by atoms with Crippen molar-refractivity contribution in [2.75, 3.05) is 12.0 Å². The summed E-state index contributed by atoms with van der Waals surface area (Å²) >= 11 is 0. The quantitative estimate of drug-likeness (QED) is 0.712. The van der Waals surface area contributed by atoms with Gasteiger partial charge in [-0.2, -0.15) is 0 Å². The minimum Gasteiger partial charge on any atom is -0.398 e. The van der Waals surface area contributed by atoms with Crippen molar-refractivity contribution in [2.45, 2.75) is 11.8 Å². The summed E-state index contributed by atoms with van der Waals surface area (Å²) < 4.78 is 23.7. The third-order valence-corrected chi connectivity index (χ3v) is 4.55. The molecular formula is C15H15N3O2S. The third kappa shape index (κ3) is 2.27. The number of fused-ring (bicyclic) bond motifs is 1. The lowest BCUT2D eigenvalue weighted by atomic mass is 10.1. The Morgan fingerprint density at radius 2 is 1.86 bits per heavy atom. The average molecular weight is 301 g/mol. The second-order valence-electron chi connectivity index (χ2n) is 5.05. The van der Waals surface area contributed by atoms with Crippen LogP contribution in [0.5, 0.6) is 0 Å². The van der Waals surface area contributed by atoms with Crippen molar-refractivity contribution in [3.63, 3.8) is 0 Å². The number of imidazole rings is 1. The van der Waals surface area contributed by atoms with Gasteiger partial charge in [0.1, 0.15) is 11.3 Å². The van der Waals surface area contributed by atoms with E-state index < -0.39 is 9.84 Å². The van der Waals surface area contributed by atoms with Crippen LogP contribution in [0.15, 0.2) is 41.3 Å². The first kappa shape index (κ1) is 13.6. The number of nitrogens with two attached hydrogens (primary N) is 1. The predicted octanol–water partition coefficient (Wildman–Crippen LogP) is 2.52. The molecule has 5 nitrogen and oxygen atoms in total. The first-order chi connectivity index (χ1) is 9.88. The maximum absolute atomic E-state index is 11.8. The summed E-state index contributed by atoms with van der Waals surface area (Å²) in [5.74, 6) is 0.580. The normalized spacial score (nSPS) is 11.9. The summed E-state index contributed by atoms with van der Waals surface area (Å²) in [6, 6.07) is 10.7. The molecule has 1 heterocycles. The molecule has 0 saturated heterocycles. The highest BCUT2D eigenvalue weighted by atomic mass is 32.2. The van der Waals surface area contributed by atoms with Gasteiger partial charge in [-0.15, -0.1) is 0 Å². The fraction of sp³-hybridized carbons (Fsp3) is 0.133. The van der Waals surface area contributed by atoms with Crippen molar-refractivity contribution in [3.8, 4) is 11.4 Å². The first-order valence-electron chi connectivity index (χ1n) is 6.42. The second-order valence-corrected chi connectivity index (χ2v) is 7.03. The number of benzene rings is 2. The summed E-state index contributed by atoms with van der Waals surface area (Å²) in [4.78, 5) is 7.82. The zero-order chi connectivity index (χ0) is 15.2. The highest BCUT2D eigenvalue weighted by Gasteiger charge is 2.17. The zero-order valence-corrected chi connectivity index (χ0v) is 12.5. The summed E-state index contributed by atoms with van der Waals surface area (Å²) in [7, 11) is -3.33. The second kappa shape index (κ2) is 4.60. The summed E-state index contributed by atoms with van der Waals surface area (Å²) in [6.45, 7) is 1.94. The molecule has 21 heavy (non-hydrogen) atoms. The van der Waals surface area contributed by atoms with Gasteiger partial charge < -0.3 is 10.7 Å². The van der Waals surface area contributed by atoms with Crippen LogP contribution in [0.3, 0.4) is 0 Å². The molecule has 3 aromatic rings. The molecule has 0 saturated carbocycles. The van der Waals surface area contributed by atoms with Crippen LogP contribution >= 0.6 is 0 Å². The van der Waals surface area contributed by atoms with Gasteiger partial charge in [0, 0.05) is 17.5 Å². The number of aromatic nitrogens is 2. The number of aryl methyl sites for hydroxylation is 1. The third-order valence-electron chi connectivity index (χ3n) is 3.42. The molecule has 3 N–H and O–H groups in total. The lowest BCUT2D eigenvalue weighted by molar-refractivity contribution is 0.602. The van der Waals surface area contributed by atoms with Gasteiger partial charge in [0.2, 0.25) is 0 Å². The van der Waals surface area contributed by atoms with Crippen LogP contribution in [0.4, 0.5) is 5.69 Å². The molecule has 0 amide bonds. The largest absolute Gasteiger partial charge is 0.398 e. The van der Waals surface area contributed by atoms with Crippen LogP contribution in [-0.4, -0.2) is 24.6 Å². The van der Waals surface area contributed by atoms with E-state index in [4.69, 9.17) is 5.73 Å². The lowest BCUT2D eigenvalue weighted by Gasteiger charge is -2.05. The van der Waals surface area contributed by atoms with Crippen molar-refractivity contribution in [1.29, 1.82) is 0 Å². The van der Waals surface area contributed by atoms with E-state index in [0.29, 0.717) is 22.5 Å². The van der Waals surface area contributed by atoms with Crippen molar-refractivity contribution in [3.05, 3.63) is 42.0 Å². The molecule has 0 radical (unpaired) electrons. The van der Waals surface area contributed by atoms with E-state index in [0.717, 1.165) is 11.1 Å². The molecule has 1 aromatic heterocycles. The maximum atomic E-state index is 11.8. The van der Waals surface area contributed by atoms with Gasteiger partial charge in [-0.25, -0.2) is 13.4 Å². The highest BCUT2D eigenvalue weighted by Crippen LogP contribution is 2.30. The molecule has 0 aliphatic heterocycles. The number of hydrogen-bond donors (Lipinski definition) is 2. The van der Waals surface area contributed by atoms with Crippen LogP contribution in [0.2, 0.25) is 0 Å². The van der Waals surface area contributed by atoms with E-state index in [1.54, 1.807) is 24.3 Å². The zero-order valence-electron chi connectivity index (χ0n) is 11.7. The van der Waals surface area contributed by atoms with Crippen LogP contribution in [0, 0.1) is 6.92 Å². The monoisotopic (exact) mass is 301 g/mol. The van der Waals surface area contributed by atoms with Gasteiger partial charge >= 0.3 is 0 Å². The SMILES string of the molecule is Cc1cccc(N)c1-c1nc2c(S(C)(=O)=O)cccc2[nH]1. The number of H-pyrrole nitrogens is 1. The topological polar surface area (TPSA) is 88.8 Å². The van der Waals surface area contributed by atoms with E-state index in [-0.39, 0.29) is 4.90 Å². The molecule has 2 aromatic carbocycles. The fourth-order valence-electron chi connectivity index (χ4n) is 2.44. The molecule has 0 aliphatic carbocycles. The number of hydrogen-bond acceptors (Lipinski definition) is 4. The Balaban J connectivity index is 2.33. The molecule has 3 rings (SSSR count). The Bertz CT molecular complexity index is 922. The lowest BCUT2D eigenvalue weighted by Crippen LogP contribution is -1.98. The van der Waals surface area contributed by atoms with E-state index in [9.17, 15) is 8.42 Å². The predicted molar refractivity (Wildman–Crippen MR) is 83.8 cm³/mol. The Hall–Kier alpha value is -2.34. The first-order valence-corrected chi connectivity index (χ1v) is 8.31. The minimum absolute atomic E-state index is 0.217. The number of sulfone groups is 1. The Morgan fingerprint density at radius 3 is 2.52 bits per heavy atom. The summed E-state index contributed by atoms with van der Waals surface area (Å²) in [5.41, 5.74) is 9.53. The van der Waals surface area contributed by atoms with Gasteiger partial charge in [-0.05, 0) is 30.7 Å². The summed E-state index contributed by atoms with van der Waals surface area (Å²) in [6.07, 6.45) is 1.18. The molecular weight excluding hydrogens is 286 g/mol. The standard InChI is InChI=1S/C15H15N3O2S/c1-9-5-3-6-10(16)13(9)15-17-11-7-4-8-12(14(11)18-15)21(2,19)20/h3-8H,16H2,1-2H3,(H,17,18). The van der Waals surface area contributed by atoms with E-state index >= 15 is 0 Å². The number of nitrogens with one attached hydrogen (secondary N) is 1. The molecule has 0 atom stereocenters. The van der Waals surface area contributed by atoms with Crippen LogP contribution in [-0.2, 0) is 9.84 Å². The Labute approximate surface area is 122 Å². The van der Waals surface area contributed by atoms with Crippen molar-refractivity contribution in [2.24, 2.45) is 0 Å². The number of nitrogen functional groups attached to an aromatic ring is 1. The van der Waals surface area contributed by atoms with E-state index in [1.165, 1.54) is 6.26 Å². The van der Waals surface area contributed by atoms with Crippen LogP contribution in [0.1, 0.15) is 5.56 Å². The molecule has 0 spiro atoms. The number of aromatic amines is 1. The number of anilines is 1. The van der Waals surface area contributed by atoms with Crippen molar-refractivity contribution in [1.82, 2.24) is 9.97 Å². The van der Waals surface area contributed by atoms with Crippen molar-refractivity contribution < 1.29 is 8.42 Å². The molecule has 0 unspecified atom stereocenters. The van der Waals surface area contributed by atoms with Crippen molar-refractivity contribution >= 4 is 26.6 Å². The number of nitrogens with zero attached hydrogens (tertiary/aromatic N) is 1. The Kier molecular flexibility index (Phi) is 2.98. The highest BCUT2D eigenvalue weighted by molar-refractivity contribution is 7.91. The maximum Gasteiger partial charge on any atom is 0.177 e. The number of para-hydroxylation sites is 1. The van der Waals surface area contributed by atoms with E-state index in [1.807, 2.05) is 19.1 Å². The van der Waals surface area contributed by atoms with Gasteiger partial charge in [-0.1, -0.05) is 18.2 Å². The molecule has 0 fully saturated rings. The van der Waals surface area contributed by atoms with Gasteiger partial charge in [-0.3, -0.25) is 0 Å². The van der Waals surface area contributed by atoms with Gasteiger partial charge in [0.05, 0.1) is 10.4 Å². The average Bonchev–Trinajstić information content (AvgIpc) is 2.80. The van der Waals surface area contributed by atoms with Gasteiger partial charge in [0.15, 0.2) is 9.84 Å². The fourth-order valence-corrected chi connectivity index (χ4v) is 3.27. The number of rotatable bonds is 2.